The Labute approximate surface area is 161 Å². The molecule has 1 fully saturated rings. The number of carbonyl (C=O) groups is 2. The number of thiophene rings is 1. The summed E-state index contributed by atoms with van der Waals surface area (Å²) in [5.41, 5.74) is 0. The van der Waals surface area contributed by atoms with E-state index in [1.54, 1.807) is 17.7 Å². The molecular weight excluding hydrogens is 370 g/mol. The molecule has 140 valence electrons. The van der Waals surface area contributed by atoms with Crippen LogP contribution in [0.4, 0.5) is 0 Å². The number of hydrogen-bond donors (Lipinski definition) is 0. The molecule has 1 aliphatic heterocycles. The van der Waals surface area contributed by atoms with Crippen LogP contribution < -0.4 is 0 Å². The van der Waals surface area contributed by atoms with Crippen LogP contribution in [-0.2, 0) is 20.7 Å². The van der Waals surface area contributed by atoms with Gasteiger partial charge in [-0.3, -0.25) is 9.59 Å². The van der Waals surface area contributed by atoms with E-state index in [-0.39, 0.29) is 17.8 Å². The lowest BCUT2D eigenvalue weighted by molar-refractivity contribution is -0.151. The molecule has 0 aromatic carbocycles. The smallest absolute Gasteiger partial charge is 0.309 e. The zero-order chi connectivity index (χ0) is 18.5. The molecule has 26 heavy (non-hydrogen) atoms. The van der Waals surface area contributed by atoms with Gasteiger partial charge in [0.2, 0.25) is 5.91 Å². The van der Waals surface area contributed by atoms with E-state index in [1.165, 1.54) is 16.6 Å². The first-order chi connectivity index (χ1) is 12.6. The molecule has 1 aliphatic rings. The summed E-state index contributed by atoms with van der Waals surface area (Å²) in [7, 11) is 0. The number of aryl methyl sites for hydroxylation is 1. The Morgan fingerprint density at radius 3 is 2.77 bits per heavy atom. The van der Waals surface area contributed by atoms with Crippen molar-refractivity contribution in [1.29, 1.82) is 0 Å². The van der Waals surface area contributed by atoms with E-state index < -0.39 is 0 Å². The molecule has 0 spiro atoms. The first-order valence-corrected chi connectivity index (χ1v) is 10.7. The van der Waals surface area contributed by atoms with Gasteiger partial charge in [0.05, 0.1) is 18.3 Å². The first-order valence-electron chi connectivity index (χ1n) is 8.93. The molecule has 2 aromatic rings. The minimum absolute atomic E-state index is 0.0774. The van der Waals surface area contributed by atoms with Gasteiger partial charge in [-0.25, -0.2) is 9.97 Å². The fourth-order valence-electron chi connectivity index (χ4n) is 3.02. The molecule has 3 rings (SSSR count). The Hall–Kier alpha value is -1.67. The largest absolute Gasteiger partial charge is 0.466 e. The molecule has 0 atom stereocenters. The van der Waals surface area contributed by atoms with Crippen LogP contribution in [0.2, 0.25) is 0 Å². The van der Waals surface area contributed by atoms with E-state index in [0.717, 1.165) is 21.7 Å². The summed E-state index contributed by atoms with van der Waals surface area (Å²) in [6.07, 6.45) is 3.89. The number of thioether (sulfide) groups is 1. The number of ether oxygens (including phenoxy) is 1. The predicted molar refractivity (Wildman–Crippen MR) is 103 cm³/mol. The van der Waals surface area contributed by atoms with Gasteiger partial charge in [0.1, 0.15) is 16.2 Å². The lowest BCUT2D eigenvalue weighted by atomic mass is 9.97. The van der Waals surface area contributed by atoms with E-state index in [2.05, 4.69) is 23.0 Å². The van der Waals surface area contributed by atoms with E-state index in [1.807, 2.05) is 11.8 Å². The van der Waals surface area contributed by atoms with Crippen LogP contribution >= 0.6 is 23.1 Å². The maximum absolute atomic E-state index is 12.5. The second-order valence-electron chi connectivity index (χ2n) is 6.16. The van der Waals surface area contributed by atoms with Gasteiger partial charge in [-0.1, -0.05) is 18.7 Å². The summed E-state index contributed by atoms with van der Waals surface area (Å²) in [6, 6.07) is 2.12. The SMILES string of the molecule is CCOC(=O)C1CCN(C(=O)CSc2ncnc3sc(CC)cc23)CC1. The van der Waals surface area contributed by atoms with Crippen LogP contribution in [0, 0.1) is 5.92 Å². The number of likely N-dealkylation sites (tertiary alicyclic amines) is 1. The Balaban J connectivity index is 1.55. The molecule has 3 heterocycles. The van der Waals surface area contributed by atoms with Crippen molar-refractivity contribution in [2.45, 2.75) is 38.1 Å². The molecule has 0 bridgehead atoms. The van der Waals surface area contributed by atoms with Crippen molar-refractivity contribution in [2.75, 3.05) is 25.4 Å². The normalized spacial score (nSPS) is 15.4. The lowest BCUT2D eigenvalue weighted by Crippen LogP contribution is -2.41. The van der Waals surface area contributed by atoms with Crippen LogP contribution in [0.25, 0.3) is 10.2 Å². The zero-order valence-corrected chi connectivity index (χ0v) is 16.7. The number of esters is 1. The highest BCUT2D eigenvalue weighted by molar-refractivity contribution is 8.00. The Morgan fingerprint density at radius 2 is 2.08 bits per heavy atom. The van der Waals surface area contributed by atoms with Crippen molar-refractivity contribution in [2.24, 2.45) is 5.92 Å². The standard InChI is InChI=1S/C18H23N3O3S2/c1-3-13-9-14-16(19-11-20-17(14)26-13)25-10-15(22)21-7-5-12(6-8-21)18(23)24-4-2/h9,11-12H,3-8,10H2,1-2H3. The van der Waals surface area contributed by atoms with Crippen molar-refractivity contribution in [1.82, 2.24) is 14.9 Å². The van der Waals surface area contributed by atoms with Crippen LogP contribution in [0.5, 0.6) is 0 Å². The van der Waals surface area contributed by atoms with Crippen LogP contribution in [0.1, 0.15) is 31.6 Å². The van der Waals surface area contributed by atoms with Gasteiger partial charge in [-0.15, -0.1) is 11.3 Å². The minimum Gasteiger partial charge on any atom is -0.466 e. The highest BCUT2D eigenvalue weighted by Crippen LogP contribution is 2.31. The molecule has 0 radical (unpaired) electrons. The summed E-state index contributed by atoms with van der Waals surface area (Å²) in [5, 5.41) is 1.90. The van der Waals surface area contributed by atoms with Crippen molar-refractivity contribution < 1.29 is 14.3 Å². The average Bonchev–Trinajstić information content (AvgIpc) is 3.10. The number of nitrogens with zero attached hydrogens (tertiary/aromatic N) is 3. The topological polar surface area (TPSA) is 72.4 Å². The highest BCUT2D eigenvalue weighted by atomic mass is 32.2. The summed E-state index contributed by atoms with van der Waals surface area (Å²) in [5.74, 6) is 0.232. The molecule has 2 aromatic heterocycles. The quantitative estimate of drug-likeness (QED) is 0.426. The minimum atomic E-state index is -0.137. The summed E-state index contributed by atoms with van der Waals surface area (Å²) < 4.78 is 5.07. The van der Waals surface area contributed by atoms with Gasteiger partial charge in [0.15, 0.2) is 0 Å². The molecule has 1 amide bonds. The van der Waals surface area contributed by atoms with Gasteiger partial charge in [0.25, 0.3) is 0 Å². The predicted octanol–water partition coefficient (Wildman–Crippen LogP) is 3.15. The average molecular weight is 394 g/mol. The zero-order valence-electron chi connectivity index (χ0n) is 15.1. The maximum atomic E-state index is 12.5. The van der Waals surface area contributed by atoms with Gasteiger partial charge in [-0.05, 0) is 32.3 Å². The van der Waals surface area contributed by atoms with E-state index in [9.17, 15) is 9.59 Å². The van der Waals surface area contributed by atoms with E-state index in [0.29, 0.717) is 38.3 Å². The summed E-state index contributed by atoms with van der Waals surface area (Å²) in [6.45, 7) is 5.56. The van der Waals surface area contributed by atoms with Gasteiger partial charge in [0, 0.05) is 23.4 Å². The number of rotatable bonds is 6. The van der Waals surface area contributed by atoms with Gasteiger partial charge >= 0.3 is 5.97 Å². The third-order valence-corrected chi connectivity index (χ3v) is 6.67. The number of aromatic nitrogens is 2. The van der Waals surface area contributed by atoms with Crippen LogP contribution in [0.15, 0.2) is 17.4 Å². The van der Waals surface area contributed by atoms with Gasteiger partial charge < -0.3 is 9.64 Å². The van der Waals surface area contributed by atoms with Crippen molar-refractivity contribution >= 4 is 45.2 Å². The summed E-state index contributed by atoms with van der Waals surface area (Å²) in [4.78, 5) is 37.1. The number of carbonyl (C=O) groups excluding carboxylic acids is 2. The van der Waals surface area contributed by atoms with Crippen LogP contribution in [0.3, 0.4) is 0 Å². The lowest BCUT2D eigenvalue weighted by Gasteiger charge is -2.30. The first kappa shape index (κ1) is 19.1. The Kier molecular flexibility index (Phi) is 6.48. The Bertz CT molecular complexity index is 785. The number of amides is 1. The molecule has 8 heteroatoms. The second kappa shape index (κ2) is 8.81. The number of piperidine rings is 1. The fraction of sp³-hybridized carbons (Fsp3) is 0.556. The molecule has 0 aliphatic carbocycles. The van der Waals surface area contributed by atoms with Gasteiger partial charge in [-0.2, -0.15) is 0 Å². The highest BCUT2D eigenvalue weighted by Gasteiger charge is 2.28. The van der Waals surface area contributed by atoms with Crippen molar-refractivity contribution in [3.63, 3.8) is 0 Å². The molecule has 0 unspecified atom stereocenters. The molecule has 0 N–H and O–H groups in total. The number of fused-ring (bicyclic) bond motifs is 1. The third kappa shape index (κ3) is 4.35. The maximum Gasteiger partial charge on any atom is 0.309 e. The molecule has 0 saturated carbocycles. The molecular formula is C18H23N3O3S2. The van der Waals surface area contributed by atoms with Crippen LogP contribution in [-0.4, -0.2) is 52.2 Å². The van der Waals surface area contributed by atoms with Crippen molar-refractivity contribution in [3.05, 3.63) is 17.3 Å². The second-order valence-corrected chi connectivity index (χ2v) is 8.24. The van der Waals surface area contributed by atoms with Crippen molar-refractivity contribution in [3.8, 4) is 0 Å². The number of hydrogen-bond acceptors (Lipinski definition) is 7. The fourth-order valence-corrected chi connectivity index (χ4v) is 4.89. The van der Waals surface area contributed by atoms with E-state index in [4.69, 9.17) is 4.74 Å². The third-order valence-electron chi connectivity index (χ3n) is 4.49. The van der Waals surface area contributed by atoms with E-state index >= 15 is 0 Å². The molecule has 6 nitrogen and oxygen atoms in total. The summed E-state index contributed by atoms with van der Waals surface area (Å²) >= 11 is 3.14. The monoisotopic (exact) mass is 393 g/mol. The Morgan fingerprint density at radius 1 is 1.31 bits per heavy atom. The molecule has 1 saturated heterocycles.